The van der Waals surface area contributed by atoms with Crippen LogP contribution in [0, 0.1) is 0 Å². The molecule has 2 aromatic carbocycles. The highest BCUT2D eigenvalue weighted by Crippen LogP contribution is 2.49. The Labute approximate surface area is 376 Å². The Balaban J connectivity index is 1.18. The second kappa shape index (κ2) is 20.0. The largest absolute Gasteiger partial charge is 0.481 e. The van der Waals surface area contributed by atoms with E-state index in [0.29, 0.717) is 24.8 Å². The minimum atomic E-state index is -0.744. The first-order valence-corrected chi connectivity index (χ1v) is 22.9. The number of carboxylic acid groups (broad SMARTS) is 1. The van der Waals surface area contributed by atoms with Gasteiger partial charge in [-0.1, -0.05) is 75.9 Å². The molecule has 316 valence electrons. The van der Waals surface area contributed by atoms with Crippen LogP contribution in [0.25, 0.3) is 0 Å². The molecule has 9 nitrogen and oxygen atoms in total. The van der Waals surface area contributed by atoms with E-state index in [2.05, 4.69) is 146 Å². The summed E-state index contributed by atoms with van der Waals surface area (Å²) in [7, 11) is 0. The summed E-state index contributed by atoms with van der Waals surface area (Å²) in [6.45, 7) is 10.7. The first-order chi connectivity index (χ1) is 28.7. The van der Waals surface area contributed by atoms with Gasteiger partial charge in [-0.2, -0.15) is 4.58 Å². The number of carboxylic acids is 1. The molecular formula is C48H55Br2ClN5O4+. The number of allylic oxidation sites excluding steroid dienone is 8. The number of hydrogen-bond donors (Lipinski definition) is 3. The highest BCUT2D eigenvalue weighted by atomic mass is 79.9. The molecule has 3 aromatic rings. The van der Waals surface area contributed by atoms with E-state index in [9.17, 15) is 14.4 Å². The number of aromatic nitrogens is 1. The van der Waals surface area contributed by atoms with Crippen molar-refractivity contribution in [3.8, 4) is 0 Å². The quantitative estimate of drug-likeness (QED) is 0.0748. The summed E-state index contributed by atoms with van der Waals surface area (Å²) in [4.78, 5) is 42.2. The van der Waals surface area contributed by atoms with Crippen LogP contribution in [0.1, 0.15) is 120 Å². The lowest BCUT2D eigenvalue weighted by molar-refractivity contribution is -0.438. The fraction of sp³-hybridized carbons (Fsp3) is 0.396. The second-order valence-electron chi connectivity index (χ2n) is 16.8. The van der Waals surface area contributed by atoms with E-state index in [-0.39, 0.29) is 29.1 Å². The number of hydrogen-bond acceptors (Lipinski definition) is 5. The molecule has 0 unspecified atom stereocenters. The Morgan fingerprint density at radius 3 is 2.28 bits per heavy atom. The topological polar surface area (TPSA) is 115 Å². The Morgan fingerprint density at radius 1 is 0.833 bits per heavy atom. The van der Waals surface area contributed by atoms with Crippen LogP contribution in [0.3, 0.4) is 0 Å². The van der Waals surface area contributed by atoms with E-state index in [1.54, 1.807) is 12.1 Å². The van der Waals surface area contributed by atoms with Crippen molar-refractivity contribution < 1.29 is 24.1 Å². The summed E-state index contributed by atoms with van der Waals surface area (Å²) in [6.07, 6.45) is 20.2. The molecule has 0 saturated carbocycles. The van der Waals surface area contributed by atoms with Crippen LogP contribution in [0.2, 0.25) is 0 Å². The van der Waals surface area contributed by atoms with Gasteiger partial charge in [0, 0.05) is 92.2 Å². The molecule has 3 aliphatic rings. The number of halogens is 3. The molecule has 6 rings (SSSR count). The zero-order valence-corrected chi connectivity index (χ0v) is 38.9. The van der Waals surface area contributed by atoms with Crippen molar-refractivity contribution in [3.05, 3.63) is 133 Å². The average molecular weight is 961 g/mol. The Hall–Kier alpha value is -4.32. The minimum absolute atomic E-state index is 0.200. The van der Waals surface area contributed by atoms with Gasteiger partial charge in [0.25, 0.3) is 5.91 Å². The number of rotatable bonds is 16. The van der Waals surface area contributed by atoms with E-state index in [1.165, 1.54) is 46.3 Å². The number of benzene rings is 2. The molecule has 60 heavy (non-hydrogen) atoms. The van der Waals surface area contributed by atoms with Crippen LogP contribution in [-0.2, 0) is 20.4 Å². The lowest BCUT2D eigenvalue weighted by atomic mass is 9.81. The minimum Gasteiger partial charge on any atom is -0.481 e. The van der Waals surface area contributed by atoms with Gasteiger partial charge in [0.1, 0.15) is 6.54 Å². The highest BCUT2D eigenvalue weighted by molar-refractivity contribution is 9.10. The summed E-state index contributed by atoms with van der Waals surface area (Å²) >= 11 is 14.7. The number of hydrazine groups is 1. The number of nitrogens with one attached hydrogen (secondary N) is 2. The lowest BCUT2D eigenvalue weighted by Gasteiger charge is -2.27. The van der Waals surface area contributed by atoms with Gasteiger partial charge in [0.2, 0.25) is 11.6 Å². The Morgan fingerprint density at radius 2 is 1.53 bits per heavy atom. The molecule has 2 amide bonds. The standard InChI is InChI=1S/C48H54Br2ClN5O4/c1-47(2)37-30-35(49)18-20-39(37)55(28-9-5-7-14-43(57)53-54-46(60)34-24-26-52-27-25-34)41(47)22-16-32-12-11-13-33(45(32)51)17-23-42-48(3,4)38-31-36(50)19-21-40(38)56(42)29-10-6-8-15-44(58)59/h16-27,30-31H,5-15,28-29H2,1-4H3,(H2-,52,53,54,57,58,59,60)/p+1. The zero-order valence-electron chi connectivity index (χ0n) is 34.9. The van der Waals surface area contributed by atoms with Crippen molar-refractivity contribution in [1.82, 2.24) is 15.8 Å². The van der Waals surface area contributed by atoms with Crippen molar-refractivity contribution in [2.24, 2.45) is 0 Å². The van der Waals surface area contributed by atoms with Gasteiger partial charge < -0.3 is 10.0 Å². The molecule has 0 atom stereocenters. The summed E-state index contributed by atoms with van der Waals surface area (Å²) in [6, 6.07) is 16.2. The number of nitrogens with zero attached hydrogens (tertiary/aromatic N) is 3. The molecule has 1 aromatic heterocycles. The average Bonchev–Trinajstić information content (AvgIpc) is 3.55. The van der Waals surface area contributed by atoms with Crippen molar-refractivity contribution in [2.45, 2.75) is 109 Å². The van der Waals surface area contributed by atoms with Crippen LogP contribution < -0.4 is 15.8 Å². The lowest BCUT2D eigenvalue weighted by Crippen LogP contribution is -2.41. The molecule has 0 bridgehead atoms. The maximum atomic E-state index is 12.5. The molecular weight excluding hydrogens is 906 g/mol. The SMILES string of the molecule is CC1(C)C(=CC=C2CCCC(C=CC3=[N+](CCCCCC(=O)NNC(=O)c4ccncc4)c4ccc(Br)cc4C3(C)C)=C2Cl)N(CCCCCC(=O)O)c2ccc(Br)cc21. The third kappa shape index (κ3) is 10.6. The number of unbranched alkanes of at least 4 members (excludes halogenated alkanes) is 4. The number of carbonyl (C=O) groups excluding carboxylic acids is 2. The van der Waals surface area contributed by atoms with Crippen LogP contribution in [0.5, 0.6) is 0 Å². The molecule has 3 N–H and O–H groups in total. The van der Waals surface area contributed by atoms with Crippen molar-refractivity contribution in [1.29, 1.82) is 0 Å². The molecule has 2 aliphatic heterocycles. The number of pyridine rings is 1. The van der Waals surface area contributed by atoms with Crippen molar-refractivity contribution >= 4 is 78.3 Å². The van der Waals surface area contributed by atoms with E-state index >= 15 is 0 Å². The third-order valence-electron chi connectivity index (χ3n) is 11.9. The van der Waals surface area contributed by atoms with Crippen LogP contribution >= 0.6 is 43.5 Å². The van der Waals surface area contributed by atoms with Gasteiger partial charge in [-0.05, 0) is 124 Å². The van der Waals surface area contributed by atoms with Gasteiger partial charge in [-0.15, -0.1) is 0 Å². The molecule has 0 saturated heterocycles. The first kappa shape index (κ1) is 45.2. The van der Waals surface area contributed by atoms with E-state index in [1.807, 2.05) is 0 Å². The first-order valence-electron chi connectivity index (χ1n) is 20.9. The van der Waals surface area contributed by atoms with Gasteiger partial charge in [-0.3, -0.25) is 30.2 Å². The van der Waals surface area contributed by atoms with Crippen molar-refractivity contribution in [3.63, 3.8) is 0 Å². The molecule has 0 spiro atoms. The fourth-order valence-corrected chi connectivity index (χ4v) is 9.60. The van der Waals surface area contributed by atoms with E-state index in [4.69, 9.17) is 16.7 Å². The fourth-order valence-electron chi connectivity index (χ4n) is 8.56. The number of fused-ring (bicyclic) bond motifs is 2. The maximum absolute atomic E-state index is 12.5. The van der Waals surface area contributed by atoms with Gasteiger partial charge in [0.15, 0.2) is 5.71 Å². The molecule has 0 radical (unpaired) electrons. The molecule has 1 aliphatic carbocycles. The summed E-state index contributed by atoms with van der Waals surface area (Å²) in [5.74, 6) is -1.34. The van der Waals surface area contributed by atoms with Crippen LogP contribution in [0.15, 0.2) is 116 Å². The van der Waals surface area contributed by atoms with Crippen molar-refractivity contribution in [2.75, 3.05) is 18.0 Å². The number of aliphatic carboxylic acids is 1. The highest BCUT2D eigenvalue weighted by Gasteiger charge is 2.44. The van der Waals surface area contributed by atoms with Gasteiger partial charge in [0.05, 0.1) is 5.41 Å². The van der Waals surface area contributed by atoms with Gasteiger partial charge >= 0.3 is 5.97 Å². The van der Waals surface area contributed by atoms with Crippen LogP contribution in [0.4, 0.5) is 11.4 Å². The summed E-state index contributed by atoms with van der Waals surface area (Å²) in [5.41, 5.74) is 14.5. The second-order valence-corrected chi connectivity index (χ2v) is 19.0. The monoisotopic (exact) mass is 958 g/mol. The maximum Gasteiger partial charge on any atom is 0.303 e. The summed E-state index contributed by atoms with van der Waals surface area (Å²) in [5, 5.41) is 9.94. The predicted octanol–water partition coefficient (Wildman–Crippen LogP) is 11.5. The Kier molecular flexibility index (Phi) is 15.1. The normalized spacial score (nSPS) is 18.1. The number of amides is 2. The smallest absolute Gasteiger partial charge is 0.303 e. The Bertz CT molecular complexity index is 2280. The molecule has 3 heterocycles. The van der Waals surface area contributed by atoms with Gasteiger partial charge in [-0.25, -0.2) is 0 Å². The van der Waals surface area contributed by atoms with E-state index in [0.717, 1.165) is 83.2 Å². The van der Waals surface area contributed by atoms with Crippen LogP contribution in [-0.4, -0.2) is 51.3 Å². The predicted molar refractivity (Wildman–Crippen MR) is 248 cm³/mol. The number of anilines is 1. The van der Waals surface area contributed by atoms with E-state index < -0.39 is 5.97 Å². The summed E-state index contributed by atoms with van der Waals surface area (Å²) < 4.78 is 4.51. The molecule has 0 fully saturated rings. The third-order valence-corrected chi connectivity index (χ3v) is 13.3. The number of carbonyl (C=O) groups is 3. The molecule has 12 heteroatoms. The zero-order chi connectivity index (χ0) is 43.0.